The first-order valence-electron chi connectivity index (χ1n) is 9.99. The number of hydrogen-bond acceptors (Lipinski definition) is 5. The van der Waals surface area contributed by atoms with Crippen molar-refractivity contribution in [2.75, 3.05) is 18.4 Å². The van der Waals surface area contributed by atoms with Gasteiger partial charge in [0, 0.05) is 36.3 Å². The lowest BCUT2D eigenvalue weighted by Gasteiger charge is -2.31. The summed E-state index contributed by atoms with van der Waals surface area (Å²) in [7, 11) is -3.57. The maximum Gasteiger partial charge on any atom is 0.243 e. The maximum atomic E-state index is 13.2. The van der Waals surface area contributed by atoms with Crippen molar-refractivity contribution in [1.29, 1.82) is 0 Å². The molecular formula is C22H25N3O3S2. The molecule has 8 heteroatoms. The van der Waals surface area contributed by atoms with Crippen LogP contribution >= 0.6 is 11.5 Å². The van der Waals surface area contributed by atoms with Crippen LogP contribution in [0.2, 0.25) is 0 Å². The summed E-state index contributed by atoms with van der Waals surface area (Å²) in [5.74, 6) is -0.259. The molecule has 0 aliphatic carbocycles. The van der Waals surface area contributed by atoms with Crippen molar-refractivity contribution in [2.45, 2.75) is 38.5 Å². The summed E-state index contributed by atoms with van der Waals surface area (Å²) < 4.78 is 33.2. The molecule has 1 saturated heterocycles. The maximum absolute atomic E-state index is 13.2. The van der Waals surface area contributed by atoms with Crippen LogP contribution in [0.3, 0.4) is 0 Å². The van der Waals surface area contributed by atoms with Crippen LogP contribution in [-0.2, 0) is 14.8 Å². The lowest BCUT2D eigenvalue weighted by molar-refractivity contribution is -0.120. The molecule has 1 aliphatic heterocycles. The summed E-state index contributed by atoms with van der Waals surface area (Å²) in [5, 5.41) is 3.98. The first-order valence-corrected chi connectivity index (χ1v) is 12.2. The second-order valence-corrected chi connectivity index (χ2v) is 10.7. The van der Waals surface area contributed by atoms with Crippen LogP contribution in [0.25, 0.3) is 10.1 Å². The third kappa shape index (κ3) is 3.99. The Morgan fingerprint density at radius 1 is 1.10 bits per heavy atom. The van der Waals surface area contributed by atoms with E-state index in [1.165, 1.54) is 15.8 Å². The quantitative estimate of drug-likeness (QED) is 0.653. The Kier molecular flexibility index (Phi) is 5.65. The molecule has 0 bridgehead atoms. The van der Waals surface area contributed by atoms with Crippen molar-refractivity contribution in [2.24, 2.45) is 5.92 Å². The number of amides is 1. The van der Waals surface area contributed by atoms with E-state index in [2.05, 4.69) is 9.69 Å². The average Bonchev–Trinajstić information content (AvgIpc) is 3.15. The number of nitrogens with one attached hydrogen (secondary N) is 1. The molecule has 1 fully saturated rings. The van der Waals surface area contributed by atoms with Crippen molar-refractivity contribution in [3.63, 3.8) is 0 Å². The number of nitrogens with zero attached hydrogens (tertiary/aromatic N) is 2. The Balaban J connectivity index is 1.43. The van der Waals surface area contributed by atoms with Gasteiger partial charge < -0.3 is 5.32 Å². The van der Waals surface area contributed by atoms with E-state index in [-0.39, 0.29) is 11.8 Å². The van der Waals surface area contributed by atoms with E-state index in [4.69, 9.17) is 0 Å². The predicted molar refractivity (Wildman–Crippen MR) is 120 cm³/mol. The number of sulfonamides is 1. The van der Waals surface area contributed by atoms with Gasteiger partial charge in [-0.05, 0) is 74.5 Å². The van der Waals surface area contributed by atoms with Gasteiger partial charge in [-0.1, -0.05) is 17.7 Å². The van der Waals surface area contributed by atoms with Crippen LogP contribution in [0.5, 0.6) is 0 Å². The Labute approximate surface area is 181 Å². The zero-order valence-electron chi connectivity index (χ0n) is 17.3. The molecule has 0 atom stereocenters. The predicted octanol–water partition coefficient (Wildman–Crippen LogP) is 4.26. The highest BCUT2D eigenvalue weighted by Gasteiger charge is 2.33. The highest BCUT2D eigenvalue weighted by molar-refractivity contribution is 7.89. The fourth-order valence-electron chi connectivity index (χ4n) is 4.26. The van der Waals surface area contributed by atoms with Gasteiger partial charge in [0.05, 0.1) is 9.60 Å². The Hall–Kier alpha value is -2.29. The van der Waals surface area contributed by atoms with Crippen molar-refractivity contribution in [3.8, 4) is 0 Å². The standard InChI is InChI=1S/C22H25N3O3S2/c1-14-10-15(2)21(16(3)11-14)30(27,28)25-8-6-17(7-9-25)22(26)24-19-4-5-20-18(12-19)13-23-29-20/h4-5,10-13,17H,6-9H2,1-3H3,(H,24,26). The van der Waals surface area contributed by atoms with E-state index in [0.29, 0.717) is 30.8 Å². The molecule has 30 heavy (non-hydrogen) atoms. The van der Waals surface area contributed by atoms with Gasteiger partial charge >= 0.3 is 0 Å². The number of aromatic nitrogens is 1. The SMILES string of the molecule is Cc1cc(C)c(S(=O)(=O)N2CCC(C(=O)Nc3ccc4sncc4c3)CC2)c(C)c1. The van der Waals surface area contributed by atoms with Gasteiger partial charge in [0.1, 0.15) is 0 Å². The zero-order valence-corrected chi connectivity index (χ0v) is 18.9. The largest absolute Gasteiger partial charge is 0.326 e. The minimum absolute atomic E-state index is 0.0581. The van der Waals surface area contributed by atoms with Gasteiger partial charge in [-0.25, -0.2) is 8.42 Å². The molecule has 1 amide bonds. The second kappa shape index (κ2) is 8.09. The second-order valence-electron chi connectivity index (χ2n) is 7.97. The Bertz CT molecular complexity index is 1190. The number of hydrogen-bond donors (Lipinski definition) is 1. The van der Waals surface area contributed by atoms with E-state index in [1.807, 2.05) is 51.1 Å². The molecule has 1 N–H and O–H groups in total. The fraction of sp³-hybridized carbons (Fsp3) is 0.364. The zero-order chi connectivity index (χ0) is 21.5. The highest BCUT2D eigenvalue weighted by atomic mass is 32.2. The molecule has 0 radical (unpaired) electrons. The number of aryl methyl sites for hydroxylation is 3. The first-order chi connectivity index (χ1) is 14.3. The molecule has 3 aromatic rings. The topological polar surface area (TPSA) is 79.4 Å². The van der Waals surface area contributed by atoms with Gasteiger partial charge in [0.15, 0.2) is 0 Å². The average molecular weight is 444 g/mol. The summed E-state index contributed by atoms with van der Waals surface area (Å²) in [6, 6.07) is 9.55. The lowest BCUT2D eigenvalue weighted by Crippen LogP contribution is -2.41. The molecule has 158 valence electrons. The van der Waals surface area contributed by atoms with Gasteiger partial charge in [-0.2, -0.15) is 8.68 Å². The molecule has 1 aromatic heterocycles. The van der Waals surface area contributed by atoms with Gasteiger partial charge in [0.25, 0.3) is 0 Å². The summed E-state index contributed by atoms with van der Waals surface area (Å²) in [6.07, 6.45) is 2.81. The number of fused-ring (bicyclic) bond motifs is 1. The molecule has 0 unspecified atom stereocenters. The van der Waals surface area contributed by atoms with Crippen molar-refractivity contribution in [1.82, 2.24) is 8.68 Å². The van der Waals surface area contributed by atoms with Crippen molar-refractivity contribution in [3.05, 3.63) is 53.2 Å². The van der Waals surface area contributed by atoms with E-state index in [1.54, 1.807) is 6.20 Å². The first kappa shape index (κ1) is 21.0. The van der Waals surface area contributed by atoms with Crippen molar-refractivity contribution >= 4 is 43.2 Å². The molecule has 2 heterocycles. The molecule has 4 rings (SSSR count). The molecule has 2 aromatic carbocycles. The Morgan fingerprint density at radius 3 is 2.43 bits per heavy atom. The monoisotopic (exact) mass is 443 g/mol. The van der Waals surface area contributed by atoms with Crippen LogP contribution in [0.4, 0.5) is 5.69 Å². The van der Waals surface area contributed by atoms with E-state index < -0.39 is 10.0 Å². The smallest absolute Gasteiger partial charge is 0.243 e. The number of piperidine rings is 1. The summed E-state index contributed by atoms with van der Waals surface area (Å²) >= 11 is 1.42. The Morgan fingerprint density at radius 2 is 1.77 bits per heavy atom. The summed E-state index contributed by atoms with van der Waals surface area (Å²) in [5.41, 5.74) is 3.33. The third-order valence-corrected chi connectivity index (χ3v) is 8.63. The minimum atomic E-state index is -3.57. The van der Waals surface area contributed by atoms with E-state index >= 15 is 0 Å². The molecule has 0 saturated carbocycles. The molecular weight excluding hydrogens is 418 g/mol. The number of anilines is 1. The van der Waals surface area contributed by atoms with Gasteiger partial charge in [-0.15, -0.1) is 0 Å². The third-order valence-electron chi connectivity index (χ3n) is 5.65. The molecule has 0 spiro atoms. The molecule has 6 nitrogen and oxygen atoms in total. The van der Waals surface area contributed by atoms with Crippen LogP contribution in [0.1, 0.15) is 29.5 Å². The van der Waals surface area contributed by atoms with Crippen LogP contribution in [0.15, 0.2) is 41.4 Å². The summed E-state index contributed by atoms with van der Waals surface area (Å²) in [4.78, 5) is 13.1. The highest BCUT2D eigenvalue weighted by Crippen LogP contribution is 2.29. The van der Waals surface area contributed by atoms with Crippen LogP contribution in [0, 0.1) is 26.7 Å². The minimum Gasteiger partial charge on any atom is -0.326 e. The number of carbonyl (C=O) groups is 1. The summed E-state index contributed by atoms with van der Waals surface area (Å²) in [6.45, 7) is 6.34. The normalized spacial score (nSPS) is 16.1. The lowest BCUT2D eigenvalue weighted by atomic mass is 9.97. The van der Waals surface area contributed by atoms with E-state index in [9.17, 15) is 13.2 Å². The van der Waals surface area contributed by atoms with Crippen LogP contribution < -0.4 is 5.32 Å². The van der Waals surface area contributed by atoms with Gasteiger partial charge in [-0.3, -0.25) is 4.79 Å². The van der Waals surface area contributed by atoms with Gasteiger partial charge in [0.2, 0.25) is 15.9 Å². The number of carbonyl (C=O) groups excluding carboxylic acids is 1. The number of rotatable bonds is 4. The van der Waals surface area contributed by atoms with E-state index in [0.717, 1.165) is 32.5 Å². The fourth-order valence-corrected chi connectivity index (χ4v) is 6.76. The number of benzene rings is 2. The molecule has 1 aliphatic rings. The van der Waals surface area contributed by atoms with Crippen LogP contribution in [-0.4, -0.2) is 36.1 Å². The van der Waals surface area contributed by atoms with Crippen molar-refractivity contribution < 1.29 is 13.2 Å².